The van der Waals surface area contributed by atoms with Crippen LogP contribution in [0.1, 0.15) is 5.56 Å². The maximum Gasteiger partial charge on any atom is 0.321 e. The number of carbonyl (C=O) groups is 1. The minimum Gasteiger partial charge on any atom is -0.460 e. The number of benzene rings is 3. The smallest absolute Gasteiger partial charge is 0.321 e. The second kappa shape index (κ2) is 7.46. The molecule has 0 aliphatic rings. The third kappa shape index (κ3) is 4.43. The highest BCUT2D eigenvalue weighted by Gasteiger charge is 2.16. The lowest BCUT2D eigenvalue weighted by atomic mass is 10.1. The van der Waals surface area contributed by atoms with Crippen molar-refractivity contribution in [3.63, 3.8) is 0 Å². The molecule has 0 atom stereocenters. The van der Waals surface area contributed by atoms with Crippen LogP contribution in [0.3, 0.4) is 0 Å². The Bertz CT molecular complexity index is 984. The Hall–Kier alpha value is -2.70. The Balaban J connectivity index is 1.61. The third-order valence-corrected chi connectivity index (χ3v) is 5.08. The van der Waals surface area contributed by atoms with Crippen molar-refractivity contribution in [2.45, 2.75) is 11.5 Å². The molecular formula is C19H17NO4S. The number of carbonyl (C=O) groups excluding carboxylic acids is 1. The molecular weight excluding hydrogens is 338 g/mol. The van der Waals surface area contributed by atoms with E-state index in [4.69, 9.17) is 4.74 Å². The average Bonchev–Trinajstić information content (AvgIpc) is 2.65. The highest BCUT2D eigenvalue weighted by atomic mass is 32.2. The van der Waals surface area contributed by atoms with E-state index in [0.717, 1.165) is 16.3 Å². The number of sulfonamides is 1. The molecule has 0 saturated heterocycles. The molecule has 0 radical (unpaired) electrons. The molecule has 1 N–H and O–H groups in total. The van der Waals surface area contributed by atoms with Gasteiger partial charge < -0.3 is 4.74 Å². The van der Waals surface area contributed by atoms with Gasteiger partial charge in [0.25, 0.3) is 0 Å². The normalized spacial score (nSPS) is 11.4. The standard InChI is InChI=1S/C19H17NO4S/c21-19(24-14-15-6-2-1-3-7-15)13-20-25(22,23)18-11-10-16-8-4-5-9-17(16)12-18/h1-12,20H,13-14H2. The van der Waals surface area contributed by atoms with Crippen LogP contribution < -0.4 is 4.72 Å². The molecule has 0 aromatic heterocycles. The first-order valence-corrected chi connectivity index (χ1v) is 9.21. The zero-order valence-corrected chi connectivity index (χ0v) is 14.2. The minimum atomic E-state index is -3.78. The average molecular weight is 355 g/mol. The number of hydrogen-bond donors (Lipinski definition) is 1. The van der Waals surface area contributed by atoms with Crippen LogP contribution in [0.4, 0.5) is 0 Å². The van der Waals surface area contributed by atoms with Crippen LogP contribution in [0.15, 0.2) is 77.7 Å². The molecule has 0 aliphatic heterocycles. The molecule has 0 saturated carbocycles. The maximum atomic E-state index is 12.3. The van der Waals surface area contributed by atoms with Crippen LogP contribution in [0.5, 0.6) is 0 Å². The summed E-state index contributed by atoms with van der Waals surface area (Å²) in [5, 5.41) is 1.76. The Morgan fingerprint density at radius 1 is 0.880 bits per heavy atom. The summed E-state index contributed by atoms with van der Waals surface area (Å²) in [5.41, 5.74) is 0.841. The zero-order valence-electron chi connectivity index (χ0n) is 13.4. The molecule has 0 fully saturated rings. The molecule has 0 amide bonds. The number of hydrogen-bond acceptors (Lipinski definition) is 4. The van der Waals surface area contributed by atoms with Crippen molar-refractivity contribution in [2.24, 2.45) is 0 Å². The fraction of sp³-hybridized carbons (Fsp3) is 0.105. The van der Waals surface area contributed by atoms with Crippen molar-refractivity contribution < 1.29 is 17.9 Å². The quantitative estimate of drug-likeness (QED) is 0.690. The second-order valence-electron chi connectivity index (χ2n) is 5.48. The lowest BCUT2D eigenvalue weighted by molar-refractivity contribution is -0.143. The van der Waals surface area contributed by atoms with Crippen LogP contribution in [0, 0.1) is 0 Å². The monoisotopic (exact) mass is 355 g/mol. The van der Waals surface area contributed by atoms with Crippen LogP contribution >= 0.6 is 0 Å². The highest BCUT2D eigenvalue weighted by Crippen LogP contribution is 2.18. The van der Waals surface area contributed by atoms with Crippen molar-refractivity contribution >= 4 is 26.8 Å². The van der Waals surface area contributed by atoms with Crippen LogP contribution in [-0.4, -0.2) is 20.9 Å². The summed E-state index contributed by atoms with van der Waals surface area (Å²) in [4.78, 5) is 11.9. The molecule has 5 nitrogen and oxygen atoms in total. The minimum absolute atomic E-state index is 0.109. The summed E-state index contributed by atoms with van der Waals surface area (Å²) < 4.78 is 32.0. The van der Waals surface area contributed by atoms with Crippen LogP contribution in [0.25, 0.3) is 10.8 Å². The molecule has 25 heavy (non-hydrogen) atoms. The summed E-state index contributed by atoms with van der Waals surface area (Å²) >= 11 is 0. The first-order valence-electron chi connectivity index (χ1n) is 7.73. The van der Waals surface area contributed by atoms with Crippen molar-refractivity contribution in [1.82, 2.24) is 4.72 Å². The van der Waals surface area contributed by atoms with Gasteiger partial charge in [0.15, 0.2) is 0 Å². The molecule has 0 spiro atoms. The molecule has 128 valence electrons. The second-order valence-corrected chi connectivity index (χ2v) is 7.25. The molecule has 3 aromatic carbocycles. The Kier molecular flexibility index (Phi) is 5.11. The van der Waals surface area contributed by atoms with Crippen molar-refractivity contribution in [3.05, 3.63) is 78.4 Å². The lowest BCUT2D eigenvalue weighted by Gasteiger charge is -2.08. The van der Waals surface area contributed by atoms with Gasteiger partial charge in [-0.2, -0.15) is 4.72 Å². The Morgan fingerprint density at radius 2 is 1.56 bits per heavy atom. The Labute approximate surface area is 146 Å². The van der Waals surface area contributed by atoms with E-state index in [9.17, 15) is 13.2 Å². The summed E-state index contributed by atoms with van der Waals surface area (Å²) in [6.45, 7) is -0.306. The van der Waals surface area contributed by atoms with Gasteiger partial charge in [-0.1, -0.05) is 60.7 Å². The summed E-state index contributed by atoms with van der Waals surface area (Å²) in [7, 11) is -3.78. The highest BCUT2D eigenvalue weighted by molar-refractivity contribution is 7.89. The number of rotatable bonds is 6. The van der Waals surface area contributed by atoms with E-state index in [1.165, 1.54) is 6.07 Å². The number of nitrogens with one attached hydrogen (secondary N) is 1. The first-order chi connectivity index (χ1) is 12.0. The molecule has 6 heteroatoms. The largest absolute Gasteiger partial charge is 0.460 e. The fourth-order valence-electron chi connectivity index (χ4n) is 2.36. The van der Waals surface area contributed by atoms with Crippen molar-refractivity contribution in [2.75, 3.05) is 6.54 Å². The fourth-order valence-corrected chi connectivity index (χ4v) is 3.36. The molecule has 3 rings (SSSR count). The van der Waals surface area contributed by atoms with Gasteiger partial charge >= 0.3 is 5.97 Å². The molecule has 0 aliphatic carbocycles. The van der Waals surface area contributed by atoms with E-state index < -0.39 is 22.5 Å². The van der Waals surface area contributed by atoms with E-state index in [2.05, 4.69) is 4.72 Å². The zero-order chi connectivity index (χ0) is 17.7. The van der Waals surface area contributed by atoms with E-state index in [0.29, 0.717) is 0 Å². The topological polar surface area (TPSA) is 72.5 Å². The van der Waals surface area contributed by atoms with Gasteiger partial charge in [-0.3, -0.25) is 4.79 Å². The number of esters is 1. The van der Waals surface area contributed by atoms with Gasteiger partial charge in [0.05, 0.1) is 4.90 Å². The predicted octanol–water partition coefficient (Wildman–Crippen LogP) is 2.86. The van der Waals surface area contributed by atoms with Gasteiger partial charge in [-0.25, -0.2) is 8.42 Å². The SMILES string of the molecule is O=C(CNS(=O)(=O)c1ccc2ccccc2c1)OCc1ccccc1. The molecule has 0 unspecified atom stereocenters. The van der Waals surface area contributed by atoms with Gasteiger partial charge in [-0.05, 0) is 28.5 Å². The van der Waals surface area contributed by atoms with E-state index in [-0.39, 0.29) is 11.5 Å². The first kappa shape index (κ1) is 17.1. The summed E-state index contributed by atoms with van der Waals surface area (Å²) in [6.07, 6.45) is 0. The van der Waals surface area contributed by atoms with Gasteiger partial charge in [0, 0.05) is 0 Å². The van der Waals surface area contributed by atoms with Crippen LogP contribution in [0.2, 0.25) is 0 Å². The molecule has 0 bridgehead atoms. The van der Waals surface area contributed by atoms with Gasteiger partial charge in [0.2, 0.25) is 10.0 Å². The van der Waals surface area contributed by atoms with E-state index in [1.807, 2.05) is 54.6 Å². The number of ether oxygens (including phenoxy) is 1. The van der Waals surface area contributed by atoms with Gasteiger partial charge in [0.1, 0.15) is 13.2 Å². The van der Waals surface area contributed by atoms with Crippen LogP contribution in [-0.2, 0) is 26.2 Å². The summed E-state index contributed by atoms with van der Waals surface area (Å²) in [6, 6.07) is 21.5. The molecule has 3 aromatic rings. The maximum absolute atomic E-state index is 12.3. The van der Waals surface area contributed by atoms with E-state index >= 15 is 0 Å². The predicted molar refractivity (Wildman–Crippen MR) is 95.4 cm³/mol. The third-order valence-electron chi connectivity index (χ3n) is 3.68. The number of fused-ring (bicyclic) bond motifs is 1. The van der Waals surface area contributed by atoms with E-state index in [1.54, 1.807) is 12.1 Å². The van der Waals surface area contributed by atoms with Crippen molar-refractivity contribution in [1.29, 1.82) is 0 Å². The Morgan fingerprint density at radius 3 is 2.32 bits per heavy atom. The summed E-state index contributed by atoms with van der Waals surface area (Å²) in [5.74, 6) is -0.631. The van der Waals surface area contributed by atoms with Crippen molar-refractivity contribution in [3.8, 4) is 0 Å². The van der Waals surface area contributed by atoms with Gasteiger partial charge in [-0.15, -0.1) is 0 Å². The molecule has 0 heterocycles. The lowest BCUT2D eigenvalue weighted by Crippen LogP contribution is -2.30.